The molecule has 0 N–H and O–H groups in total. The van der Waals surface area contributed by atoms with E-state index in [0.717, 1.165) is 5.92 Å². The van der Waals surface area contributed by atoms with Gasteiger partial charge in [0.25, 0.3) is 0 Å². The van der Waals surface area contributed by atoms with Crippen molar-refractivity contribution in [2.24, 2.45) is 16.3 Å². The molecular weight excluding hydrogens is 150 g/mol. The van der Waals surface area contributed by atoms with Crippen molar-refractivity contribution in [3.8, 4) is 0 Å². The lowest BCUT2D eigenvalue weighted by Crippen LogP contribution is -2.26. The van der Waals surface area contributed by atoms with Gasteiger partial charge in [0.15, 0.2) is 0 Å². The maximum absolute atomic E-state index is 9.96. The fraction of sp³-hybridized carbons (Fsp3) is 0.900. The van der Waals surface area contributed by atoms with Crippen molar-refractivity contribution in [3.05, 3.63) is 0 Å². The van der Waals surface area contributed by atoms with Crippen molar-refractivity contribution >= 4 is 6.08 Å². The molecule has 1 aliphatic rings. The highest BCUT2D eigenvalue weighted by atomic mass is 16.1. The van der Waals surface area contributed by atoms with Gasteiger partial charge in [-0.05, 0) is 24.2 Å². The first-order chi connectivity index (χ1) is 5.66. The summed E-state index contributed by atoms with van der Waals surface area (Å²) in [5.74, 6) is 0.860. The molecule has 0 aromatic carbocycles. The predicted octanol–water partition coefficient (Wildman–Crippen LogP) is 2.54. The molecule has 0 aromatic rings. The average molecular weight is 167 g/mol. The molecule has 0 atom stereocenters. The van der Waals surface area contributed by atoms with Gasteiger partial charge in [-0.1, -0.05) is 26.7 Å². The first-order valence-corrected chi connectivity index (χ1v) is 4.70. The van der Waals surface area contributed by atoms with Crippen LogP contribution < -0.4 is 0 Å². The van der Waals surface area contributed by atoms with E-state index in [1.807, 2.05) is 0 Å². The van der Waals surface area contributed by atoms with Gasteiger partial charge < -0.3 is 0 Å². The Balaban J connectivity index is 2.44. The molecule has 0 saturated heterocycles. The van der Waals surface area contributed by atoms with Gasteiger partial charge in [0, 0.05) is 0 Å². The molecule has 1 rings (SSSR count). The summed E-state index contributed by atoms with van der Waals surface area (Å²) in [5, 5.41) is 0. The lowest BCUT2D eigenvalue weighted by molar-refractivity contribution is 0.187. The van der Waals surface area contributed by atoms with Crippen LogP contribution in [-0.2, 0) is 4.79 Å². The number of aliphatic imine (C=N–C) groups is 1. The minimum absolute atomic E-state index is 0.282. The normalized spacial score (nSPS) is 35.7. The van der Waals surface area contributed by atoms with Crippen LogP contribution in [0.1, 0.15) is 39.5 Å². The van der Waals surface area contributed by atoms with Crippen LogP contribution in [-0.4, -0.2) is 12.6 Å². The number of hydrogen-bond acceptors (Lipinski definition) is 2. The van der Waals surface area contributed by atoms with Crippen molar-refractivity contribution < 1.29 is 4.79 Å². The summed E-state index contributed by atoms with van der Waals surface area (Å²) in [4.78, 5) is 13.6. The largest absolute Gasteiger partial charge is 0.234 e. The fourth-order valence-electron chi connectivity index (χ4n) is 1.84. The molecule has 12 heavy (non-hydrogen) atoms. The lowest BCUT2D eigenvalue weighted by Gasteiger charge is -2.34. The molecule has 0 spiro atoms. The minimum atomic E-state index is 0.282. The van der Waals surface area contributed by atoms with E-state index in [2.05, 4.69) is 18.8 Å². The molecule has 0 radical (unpaired) electrons. The van der Waals surface area contributed by atoms with Gasteiger partial charge in [0.05, 0.1) is 6.54 Å². The highest BCUT2D eigenvalue weighted by molar-refractivity contribution is 5.33. The highest BCUT2D eigenvalue weighted by Gasteiger charge is 2.28. The minimum Gasteiger partial charge on any atom is -0.211 e. The Labute approximate surface area is 74.1 Å². The van der Waals surface area contributed by atoms with Crippen LogP contribution in [0.5, 0.6) is 0 Å². The second-order valence-corrected chi connectivity index (χ2v) is 4.40. The van der Waals surface area contributed by atoms with E-state index < -0.39 is 0 Å². The molecule has 0 aromatic heterocycles. The molecule has 0 bridgehead atoms. The van der Waals surface area contributed by atoms with E-state index in [1.54, 1.807) is 6.08 Å². The molecule has 1 saturated carbocycles. The Kier molecular flexibility index (Phi) is 3.05. The zero-order valence-corrected chi connectivity index (χ0v) is 7.97. The van der Waals surface area contributed by atoms with E-state index in [9.17, 15) is 4.79 Å². The van der Waals surface area contributed by atoms with Crippen LogP contribution in [0.4, 0.5) is 0 Å². The van der Waals surface area contributed by atoms with Crippen LogP contribution in [0.25, 0.3) is 0 Å². The third-order valence-electron chi connectivity index (χ3n) is 3.01. The van der Waals surface area contributed by atoms with Crippen molar-refractivity contribution in [2.75, 3.05) is 6.54 Å². The van der Waals surface area contributed by atoms with Gasteiger partial charge in [-0.15, -0.1) is 0 Å². The van der Waals surface area contributed by atoms with Crippen molar-refractivity contribution in [1.29, 1.82) is 0 Å². The molecule has 0 heterocycles. The summed E-state index contributed by atoms with van der Waals surface area (Å²) in [6.45, 7) is 5.19. The third kappa shape index (κ3) is 2.46. The monoisotopic (exact) mass is 167 g/mol. The SMILES string of the molecule is CC1CCC(C)(CN=C=O)CC1. The molecular formula is C10H17NO. The van der Waals surface area contributed by atoms with E-state index in [4.69, 9.17) is 0 Å². The molecule has 0 unspecified atom stereocenters. The van der Waals surface area contributed by atoms with Gasteiger partial charge in [-0.2, -0.15) is 0 Å². The maximum atomic E-state index is 9.96. The molecule has 68 valence electrons. The summed E-state index contributed by atoms with van der Waals surface area (Å²) >= 11 is 0. The van der Waals surface area contributed by atoms with Gasteiger partial charge >= 0.3 is 0 Å². The molecule has 1 aliphatic carbocycles. The van der Waals surface area contributed by atoms with Crippen LogP contribution in [0.3, 0.4) is 0 Å². The molecule has 2 nitrogen and oxygen atoms in total. The number of isocyanates is 1. The van der Waals surface area contributed by atoms with Crippen molar-refractivity contribution in [2.45, 2.75) is 39.5 Å². The first kappa shape index (κ1) is 9.47. The van der Waals surface area contributed by atoms with Crippen molar-refractivity contribution in [3.63, 3.8) is 0 Å². The first-order valence-electron chi connectivity index (χ1n) is 4.70. The number of rotatable bonds is 2. The summed E-state index contributed by atoms with van der Waals surface area (Å²) in [7, 11) is 0. The van der Waals surface area contributed by atoms with Crippen LogP contribution >= 0.6 is 0 Å². The summed E-state index contributed by atoms with van der Waals surface area (Å²) in [6.07, 6.45) is 6.61. The van der Waals surface area contributed by atoms with Gasteiger partial charge in [0.2, 0.25) is 6.08 Å². The zero-order valence-electron chi connectivity index (χ0n) is 7.97. The molecule has 1 fully saturated rings. The summed E-state index contributed by atoms with van der Waals surface area (Å²) in [5.41, 5.74) is 0.282. The second kappa shape index (κ2) is 3.86. The van der Waals surface area contributed by atoms with Gasteiger partial charge in [-0.25, -0.2) is 9.79 Å². The predicted molar refractivity (Wildman–Crippen MR) is 48.7 cm³/mol. The fourth-order valence-corrected chi connectivity index (χ4v) is 1.84. The van der Waals surface area contributed by atoms with E-state index in [1.165, 1.54) is 25.7 Å². The van der Waals surface area contributed by atoms with Crippen LogP contribution in [0.15, 0.2) is 4.99 Å². The number of carbonyl (C=O) groups excluding carboxylic acids is 1. The Bertz CT molecular complexity index is 186. The van der Waals surface area contributed by atoms with Gasteiger partial charge in [0.1, 0.15) is 0 Å². The van der Waals surface area contributed by atoms with Crippen LogP contribution in [0, 0.1) is 11.3 Å². The summed E-state index contributed by atoms with van der Waals surface area (Å²) < 4.78 is 0. The lowest BCUT2D eigenvalue weighted by atomic mass is 9.72. The van der Waals surface area contributed by atoms with Gasteiger partial charge in [-0.3, -0.25) is 0 Å². The highest BCUT2D eigenvalue weighted by Crippen LogP contribution is 2.38. The number of hydrogen-bond donors (Lipinski definition) is 0. The topological polar surface area (TPSA) is 29.4 Å². The second-order valence-electron chi connectivity index (χ2n) is 4.40. The summed E-state index contributed by atoms with van der Waals surface area (Å²) in [6, 6.07) is 0. The third-order valence-corrected chi connectivity index (χ3v) is 3.01. The smallest absolute Gasteiger partial charge is 0.211 e. The van der Waals surface area contributed by atoms with E-state index >= 15 is 0 Å². The molecule has 0 aliphatic heterocycles. The Hall–Kier alpha value is -0.620. The standard InChI is InChI=1S/C10H17NO/c1-9-3-5-10(2,6-4-9)7-11-8-12/h9H,3-7H2,1-2H3. The Morgan fingerprint density at radius 1 is 1.50 bits per heavy atom. The average Bonchev–Trinajstić information content (AvgIpc) is 2.08. The van der Waals surface area contributed by atoms with E-state index in [0.29, 0.717) is 6.54 Å². The zero-order chi connectivity index (χ0) is 9.03. The quantitative estimate of drug-likeness (QED) is 0.459. The number of nitrogens with zero attached hydrogens (tertiary/aromatic N) is 1. The Morgan fingerprint density at radius 3 is 2.58 bits per heavy atom. The van der Waals surface area contributed by atoms with Crippen molar-refractivity contribution in [1.82, 2.24) is 0 Å². The van der Waals surface area contributed by atoms with Crippen LogP contribution in [0.2, 0.25) is 0 Å². The molecule has 2 heteroatoms. The molecule has 0 amide bonds. The van der Waals surface area contributed by atoms with E-state index in [-0.39, 0.29) is 5.41 Å². The maximum Gasteiger partial charge on any atom is 0.234 e. The Morgan fingerprint density at radius 2 is 2.08 bits per heavy atom.